The molecule has 0 aromatic carbocycles. The molecule has 2 heterocycles. The Kier molecular flexibility index (Phi) is 4.24. The Labute approximate surface area is 116 Å². The molecule has 1 amide bonds. The fraction of sp³-hybridized carbons (Fsp3) is 0.429. The summed E-state index contributed by atoms with van der Waals surface area (Å²) in [4.78, 5) is 11.7. The van der Waals surface area contributed by atoms with Crippen molar-refractivity contribution in [1.82, 2.24) is 10.5 Å². The molecule has 0 aliphatic heterocycles. The molecule has 108 valence electrons. The predicted octanol–water partition coefficient (Wildman–Crippen LogP) is 2.05. The average Bonchev–Trinajstić information content (AvgIpc) is 2.95. The molecule has 1 unspecified atom stereocenters. The van der Waals surface area contributed by atoms with E-state index in [1.54, 1.807) is 13.0 Å². The smallest absolute Gasteiger partial charge is 0.273 e. The number of aryl methyl sites for hydroxylation is 3. The van der Waals surface area contributed by atoms with Gasteiger partial charge in [-0.3, -0.25) is 4.79 Å². The second-order valence-electron chi connectivity index (χ2n) is 4.75. The molecule has 2 N–H and O–H groups in total. The molecule has 2 aromatic heterocycles. The second kappa shape index (κ2) is 5.92. The Balaban J connectivity index is 1.84. The summed E-state index contributed by atoms with van der Waals surface area (Å²) in [7, 11) is 0. The lowest BCUT2D eigenvalue weighted by Gasteiger charge is -2.09. The topological polar surface area (TPSA) is 88.5 Å². The van der Waals surface area contributed by atoms with Crippen molar-refractivity contribution in [2.45, 2.75) is 33.3 Å². The molecule has 1 atom stereocenters. The SMILES string of the molecule is Cc1cc(C(=O)NCCC(O)c2cc(C)oc2C)no1. The second-order valence-corrected chi connectivity index (χ2v) is 4.75. The van der Waals surface area contributed by atoms with Gasteiger partial charge in [0.25, 0.3) is 5.91 Å². The average molecular weight is 278 g/mol. The van der Waals surface area contributed by atoms with Crippen LogP contribution in [0.1, 0.15) is 45.9 Å². The number of nitrogens with one attached hydrogen (secondary N) is 1. The van der Waals surface area contributed by atoms with Crippen LogP contribution in [0.4, 0.5) is 0 Å². The minimum absolute atomic E-state index is 0.243. The Hall–Kier alpha value is -2.08. The number of aliphatic hydroxyl groups is 1. The molecule has 0 bridgehead atoms. The van der Waals surface area contributed by atoms with E-state index in [0.29, 0.717) is 24.5 Å². The molecular formula is C14H18N2O4. The monoisotopic (exact) mass is 278 g/mol. The van der Waals surface area contributed by atoms with Crippen LogP contribution in [0.15, 0.2) is 21.1 Å². The lowest BCUT2D eigenvalue weighted by atomic mass is 10.1. The first kappa shape index (κ1) is 14.3. The minimum atomic E-state index is -0.660. The van der Waals surface area contributed by atoms with Gasteiger partial charge in [-0.25, -0.2) is 0 Å². The number of aromatic nitrogens is 1. The van der Waals surface area contributed by atoms with Crippen molar-refractivity contribution < 1.29 is 18.8 Å². The van der Waals surface area contributed by atoms with Crippen LogP contribution in [0.25, 0.3) is 0 Å². The molecule has 0 saturated heterocycles. The maximum absolute atomic E-state index is 11.7. The molecule has 6 heteroatoms. The van der Waals surface area contributed by atoms with E-state index in [0.717, 1.165) is 11.3 Å². The van der Waals surface area contributed by atoms with E-state index in [4.69, 9.17) is 8.94 Å². The number of aliphatic hydroxyl groups excluding tert-OH is 1. The highest BCUT2D eigenvalue weighted by Gasteiger charge is 2.15. The zero-order chi connectivity index (χ0) is 14.7. The highest BCUT2D eigenvalue weighted by atomic mass is 16.5. The van der Waals surface area contributed by atoms with Crippen molar-refractivity contribution in [2.24, 2.45) is 0 Å². The zero-order valence-electron chi connectivity index (χ0n) is 11.8. The molecule has 2 aromatic rings. The Morgan fingerprint density at radius 1 is 1.35 bits per heavy atom. The fourth-order valence-corrected chi connectivity index (χ4v) is 2.02. The normalized spacial score (nSPS) is 12.4. The summed E-state index contributed by atoms with van der Waals surface area (Å²) in [6, 6.07) is 3.37. The summed E-state index contributed by atoms with van der Waals surface area (Å²) in [5.41, 5.74) is 1.00. The van der Waals surface area contributed by atoms with E-state index in [2.05, 4.69) is 10.5 Å². The van der Waals surface area contributed by atoms with E-state index in [1.807, 2.05) is 19.9 Å². The first-order valence-corrected chi connectivity index (χ1v) is 6.44. The summed E-state index contributed by atoms with van der Waals surface area (Å²) in [6.07, 6.45) is -0.255. The van der Waals surface area contributed by atoms with E-state index >= 15 is 0 Å². The van der Waals surface area contributed by atoms with Crippen molar-refractivity contribution in [3.8, 4) is 0 Å². The zero-order valence-corrected chi connectivity index (χ0v) is 11.8. The molecule has 20 heavy (non-hydrogen) atoms. The summed E-state index contributed by atoms with van der Waals surface area (Å²) >= 11 is 0. The van der Waals surface area contributed by atoms with Crippen LogP contribution >= 0.6 is 0 Å². The molecule has 0 radical (unpaired) electrons. The molecule has 2 rings (SSSR count). The highest BCUT2D eigenvalue weighted by Crippen LogP contribution is 2.23. The van der Waals surface area contributed by atoms with Crippen LogP contribution in [0, 0.1) is 20.8 Å². The third-order valence-electron chi connectivity index (χ3n) is 3.00. The summed E-state index contributed by atoms with van der Waals surface area (Å²) in [5.74, 6) is 1.74. The third kappa shape index (κ3) is 3.27. The van der Waals surface area contributed by atoms with Gasteiger partial charge in [-0.1, -0.05) is 5.16 Å². The highest BCUT2D eigenvalue weighted by molar-refractivity contribution is 5.92. The van der Waals surface area contributed by atoms with Gasteiger partial charge in [0.05, 0.1) is 6.10 Å². The number of amides is 1. The fourth-order valence-electron chi connectivity index (χ4n) is 2.02. The standard InChI is InChI=1S/C14H18N2O4/c1-8-6-11(10(3)19-8)13(17)4-5-15-14(18)12-7-9(2)20-16-12/h6-7,13,17H,4-5H2,1-3H3,(H,15,18). The molecule has 0 aliphatic rings. The van der Waals surface area contributed by atoms with E-state index in [-0.39, 0.29) is 11.6 Å². The number of furan rings is 1. The van der Waals surface area contributed by atoms with E-state index in [1.165, 1.54) is 0 Å². The van der Waals surface area contributed by atoms with Crippen LogP contribution in [0.2, 0.25) is 0 Å². The Morgan fingerprint density at radius 2 is 2.10 bits per heavy atom. The van der Waals surface area contributed by atoms with Crippen LogP contribution < -0.4 is 5.32 Å². The van der Waals surface area contributed by atoms with Crippen molar-refractivity contribution in [3.63, 3.8) is 0 Å². The number of carbonyl (C=O) groups excluding carboxylic acids is 1. The van der Waals surface area contributed by atoms with Gasteiger partial charge in [-0.05, 0) is 33.3 Å². The lowest BCUT2D eigenvalue weighted by Crippen LogP contribution is -2.25. The number of hydrogen-bond acceptors (Lipinski definition) is 5. The van der Waals surface area contributed by atoms with Gasteiger partial charge in [0, 0.05) is 18.2 Å². The number of nitrogens with zero attached hydrogens (tertiary/aromatic N) is 1. The number of carbonyl (C=O) groups is 1. The summed E-state index contributed by atoms with van der Waals surface area (Å²) in [6.45, 7) is 5.70. The van der Waals surface area contributed by atoms with Gasteiger partial charge in [0.15, 0.2) is 5.69 Å². The van der Waals surface area contributed by atoms with Gasteiger partial charge in [-0.15, -0.1) is 0 Å². The quantitative estimate of drug-likeness (QED) is 0.873. The Bertz CT molecular complexity index is 600. The van der Waals surface area contributed by atoms with Gasteiger partial charge in [0.1, 0.15) is 17.3 Å². The molecular weight excluding hydrogens is 260 g/mol. The first-order valence-electron chi connectivity index (χ1n) is 6.44. The summed E-state index contributed by atoms with van der Waals surface area (Å²) in [5, 5.41) is 16.4. The lowest BCUT2D eigenvalue weighted by molar-refractivity contribution is 0.0933. The first-order chi connectivity index (χ1) is 9.47. The number of rotatable bonds is 5. The van der Waals surface area contributed by atoms with Crippen molar-refractivity contribution in [1.29, 1.82) is 0 Å². The molecule has 0 saturated carbocycles. The molecule has 6 nitrogen and oxygen atoms in total. The van der Waals surface area contributed by atoms with Crippen LogP contribution in [0.5, 0.6) is 0 Å². The van der Waals surface area contributed by atoms with Crippen LogP contribution in [0.3, 0.4) is 0 Å². The summed E-state index contributed by atoms with van der Waals surface area (Å²) < 4.78 is 10.2. The van der Waals surface area contributed by atoms with Crippen LogP contribution in [-0.2, 0) is 0 Å². The van der Waals surface area contributed by atoms with Gasteiger partial charge in [0.2, 0.25) is 0 Å². The van der Waals surface area contributed by atoms with Gasteiger partial charge in [-0.2, -0.15) is 0 Å². The predicted molar refractivity (Wildman–Crippen MR) is 71.3 cm³/mol. The maximum Gasteiger partial charge on any atom is 0.273 e. The molecule has 0 spiro atoms. The third-order valence-corrected chi connectivity index (χ3v) is 3.00. The van der Waals surface area contributed by atoms with Crippen LogP contribution in [-0.4, -0.2) is 22.7 Å². The maximum atomic E-state index is 11.7. The van der Waals surface area contributed by atoms with E-state index < -0.39 is 6.10 Å². The van der Waals surface area contributed by atoms with Crippen molar-refractivity contribution in [2.75, 3.05) is 6.54 Å². The minimum Gasteiger partial charge on any atom is -0.466 e. The van der Waals surface area contributed by atoms with Gasteiger partial charge < -0.3 is 19.4 Å². The van der Waals surface area contributed by atoms with Crippen molar-refractivity contribution in [3.05, 3.63) is 40.7 Å². The van der Waals surface area contributed by atoms with Gasteiger partial charge >= 0.3 is 0 Å². The number of hydrogen-bond donors (Lipinski definition) is 2. The van der Waals surface area contributed by atoms with E-state index in [9.17, 15) is 9.90 Å². The molecule has 0 fully saturated rings. The Morgan fingerprint density at radius 3 is 2.65 bits per heavy atom. The largest absolute Gasteiger partial charge is 0.466 e. The van der Waals surface area contributed by atoms with Crippen molar-refractivity contribution >= 4 is 5.91 Å². The molecule has 0 aliphatic carbocycles.